The first-order valence-electron chi connectivity index (χ1n) is 18.4. The first kappa shape index (κ1) is 47.7. The minimum atomic E-state index is -5.14. The zero-order chi connectivity index (χ0) is 42.9. The van der Waals surface area contributed by atoms with Gasteiger partial charge < -0.3 is 25.2 Å². The molecule has 0 saturated carbocycles. The highest BCUT2D eigenvalue weighted by Crippen LogP contribution is 2.27. The van der Waals surface area contributed by atoms with E-state index >= 15 is 0 Å². The third kappa shape index (κ3) is 12.5. The van der Waals surface area contributed by atoms with Crippen molar-refractivity contribution >= 4 is 45.2 Å². The highest BCUT2D eigenvalue weighted by molar-refractivity contribution is 7.90. The fraction of sp³-hybridized carbons (Fsp3) is 0.605. The van der Waals surface area contributed by atoms with Crippen molar-refractivity contribution in [1.29, 1.82) is 0 Å². The fourth-order valence-corrected chi connectivity index (χ4v) is 7.59. The van der Waals surface area contributed by atoms with Crippen molar-refractivity contribution < 1.29 is 50.3 Å². The minimum Gasteiger partial charge on any atom is -0.499 e. The summed E-state index contributed by atoms with van der Waals surface area (Å²) in [6.45, 7) is 13.1. The van der Waals surface area contributed by atoms with Crippen molar-refractivity contribution in [2.24, 2.45) is 17.8 Å². The number of hydrogen-bond acceptors (Lipinski definition) is 9. The maximum Gasteiger partial charge on any atom is 0.471 e. The van der Waals surface area contributed by atoms with E-state index in [0.29, 0.717) is 25.8 Å². The number of likely N-dealkylation sites (tertiary alicyclic amines) is 1. The highest BCUT2D eigenvalue weighted by atomic mass is 32.2. The Bertz CT molecular complexity index is 1740. The molecule has 1 heterocycles. The molecule has 1 aliphatic heterocycles. The van der Waals surface area contributed by atoms with Crippen LogP contribution in [0.15, 0.2) is 52.6 Å². The van der Waals surface area contributed by atoms with E-state index in [4.69, 9.17) is 4.74 Å². The van der Waals surface area contributed by atoms with Crippen LogP contribution in [-0.4, -0.2) is 118 Å². The molecule has 5 atom stereocenters. The Kier molecular flexibility index (Phi) is 17.1. The lowest BCUT2D eigenvalue weighted by Gasteiger charge is -2.37. The second kappa shape index (κ2) is 20.1. The fourth-order valence-electron chi connectivity index (χ4n) is 6.57. The summed E-state index contributed by atoms with van der Waals surface area (Å²) in [7, 11) is 2.16. The van der Waals surface area contributed by atoms with Crippen molar-refractivity contribution in [2.45, 2.75) is 103 Å². The number of carbonyl (C=O) groups excluding carboxylic acids is 5. The molecule has 3 N–H and O–H groups in total. The standard InChI is InChI=1S/C38H57F3N6O8S/c1-12-24(6)33(46(10)36(51)31(22(2)3)43-35(50)32(23(4)5)45(8)9)29(55-11)21-30(48)47-19-13-14-27(47)20-25(7)34(49)44-56(53,54)28-17-15-26(16-18-28)42-37(52)38(39,40)41/h15-18,20-24,27,31-33H,12-14,19H2,1-11H3,(H,42,52)(H,43,50)(H,44,49)/b25-20+,29-21-/t24?,27-,31-,32?,33?/m0/s1. The molecule has 14 nitrogen and oxygen atoms in total. The second-order valence-corrected chi connectivity index (χ2v) is 16.6. The Hall–Kier alpha value is -4.45. The van der Waals surface area contributed by atoms with Crippen LogP contribution in [0.5, 0.6) is 0 Å². The van der Waals surface area contributed by atoms with Crippen LogP contribution in [0.4, 0.5) is 18.9 Å². The smallest absolute Gasteiger partial charge is 0.471 e. The van der Waals surface area contributed by atoms with Gasteiger partial charge >= 0.3 is 12.1 Å². The number of rotatable bonds is 17. The number of anilines is 1. The van der Waals surface area contributed by atoms with Gasteiger partial charge in [0.1, 0.15) is 11.8 Å². The molecule has 0 aromatic heterocycles. The van der Waals surface area contributed by atoms with E-state index in [1.807, 2.05) is 46.3 Å². The summed E-state index contributed by atoms with van der Waals surface area (Å²) < 4.78 is 71.1. The predicted molar refractivity (Wildman–Crippen MR) is 205 cm³/mol. The van der Waals surface area contributed by atoms with E-state index in [-0.39, 0.29) is 46.6 Å². The van der Waals surface area contributed by atoms with Crippen molar-refractivity contribution in [3.63, 3.8) is 0 Å². The third-order valence-corrected chi connectivity index (χ3v) is 11.1. The number of likely N-dealkylation sites (N-methyl/N-ethyl adjacent to an activating group) is 2. The van der Waals surface area contributed by atoms with Gasteiger partial charge in [-0.3, -0.25) is 28.9 Å². The molecule has 1 aromatic carbocycles. The first-order chi connectivity index (χ1) is 25.9. The van der Waals surface area contributed by atoms with Crippen LogP contribution in [0, 0.1) is 17.8 Å². The van der Waals surface area contributed by atoms with Gasteiger partial charge in [0.05, 0.1) is 30.1 Å². The number of nitrogens with zero attached hydrogens (tertiary/aromatic N) is 3. The molecule has 0 aliphatic carbocycles. The molecule has 1 aromatic rings. The Balaban J connectivity index is 2.30. The number of sulfonamides is 1. The van der Waals surface area contributed by atoms with Crippen LogP contribution in [0.1, 0.15) is 67.7 Å². The Labute approximate surface area is 328 Å². The molecule has 2 rings (SSSR count). The van der Waals surface area contributed by atoms with E-state index in [2.05, 4.69) is 5.32 Å². The summed E-state index contributed by atoms with van der Waals surface area (Å²) in [6.07, 6.45) is -0.673. The molecule has 1 saturated heterocycles. The number of nitrogens with one attached hydrogen (secondary N) is 3. The van der Waals surface area contributed by atoms with Crippen molar-refractivity contribution in [3.8, 4) is 0 Å². The molecule has 18 heteroatoms. The summed E-state index contributed by atoms with van der Waals surface area (Å²) in [6, 6.07) is 1.18. The van der Waals surface area contributed by atoms with Crippen molar-refractivity contribution in [2.75, 3.05) is 40.1 Å². The van der Waals surface area contributed by atoms with Gasteiger partial charge in [0.25, 0.3) is 21.8 Å². The Morgan fingerprint density at radius 1 is 0.982 bits per heavy atom. The second-order valence-electron chi connectivity index (χ2n) is 14.9. The lowest BCUT2D eigenvalue weighted by molar-refractivity contribution is -0.167. The van der Waals surface area contributed by atoms with E-state index < -0.39 is 63.0 Å². The van der Waals surface area contributed by atoms with Gasteiger partial charge in [-0.15, -0.1) is 0 Å². The maximum absolute atomic E-state index is 14.1. The Morgan fingerprint density at radius 2 is 1.57 bits per heavy atom. The lowest BCUT2D eigenvalue weighted by atomic mass is 9.93. The zero-order valence-corrected chi connectivity index (χ0v) is 34.8. The zero-order valence-electron chi connectivity index (χ0n) is 34.0. The summed E-state index contributed by atoms with van der Waals surface area (Å²) in [4.78, 5) is 69.8. The monoisotopic (exact) mass is 814 g/mol. The average molecular weight is 815 g/mol. The summed E-state index contributed by atoms with van der Waals surface area (Å²) >= 11 is 0. The SMILES string of the molecule is CCC(C)C(/C(=C/C(=O)N1CCC[C@H]1/C=C(\C)C(=O)NS(=O)(=O)c1ccc(NC(=O)C(F)(F)F)cc1)OC)N(C)C(=O)[C@@H](NC(=O)C(C(C)C)N(C)C)C(C)C. The molecule has 0 bridgehead atoms. The molecular formula is C38H57F3N6O8S. The van der Waals surface area contributed by atoms with Crippen molar-refractivity contribution in [1.82, 2.24) is 24.7 Å². The molecule has 5 amide bonds. The minimum absolute atomic E-state index is 0.0107. The van der Waals surface area contributed by atoms with Crippen molar-refractivity contribution in [3.05, 3.63) is 47.7 Å². The summed E-state index contributed by atoms with van der Waals surface area (Å²) in [5.74, 6) is -4.51. The van der Waals surface area contributed by atoms with Gasteiger partial charge in [0, 0.05) is 30.9 Å². The van der Waals surface area contributed by atoms with Crippen LogP contribution < -0.4 is 15.4 Å². The number of methoxy groups -OCH3 is 1. The topological polar surface area (TPSA) is 175 Å². The van der Waals surface area contributed by atoms with Gasteiger partial charge in [-0.1, -0.05) is 54.0 Å². The predicted octanol–water partition coefficient (Wildman–Crippen LogP) is 4.06. The number of hydrogen-bond donors (Lipinski definition) is 3. The molecule has 0 spiro atoms. The molecular weight excluding hydrogens is 758 g/mol. The quantitative estimate of drug-likeness (QED) is 0.155. The summed E-state index contributed by atoms with van der Waals surface area (Å²) in [5.41, 5.74) is -0.315. The molecule has 314 valence electrons. The average Bonchev–Trinajstić information content (AvgIpc) is 3.57. The van der Waals surface area contributed by atoms with Crippen LogP contribution >= 0.6 is 0 Å². The molecule has 1 fully saturated rings. The molecule has 56 heavy (non-hydrogen) atoms. The van der Waals surface area contributed by atoms with E-state index in [1.54, 1.807) is 31.4 Å². The largest absolute Gasteiger partial charge is 0.499 e. The number of alkyl halides is 3. The number of halogens is 3. The van der Waals surface area contributed by atoms with Gasteiger partial charge in [-0.25, -0.2) is 13.1 Å². The van der Waals surface area contributed by atoms with Gasteiger partial charge in [0.15, 0.2) is 0 Å². The molecule has 3 unspecified atom stereocenters. The van der Waals surface area contributed by atoms with E-state index in [1.165, 1.54) is 36.0 Å². The van der Waals surface area contributed by atoms with Gasteiger partial charge in [-0.2, -0.15) is 13.2 Å². The molecule has 0 radical (unpaired) electrons. The first-order valence-corrected chi connectivity index (χ1v) is 19.9. The number of benzene rings is 1. The van der Waals surface area contributed by atoms with E-state index in [9.17, 15) is 45.6 Å². The number of amides is 5. The van der Waals surface area contributed by atoms with E-state index in [0.717, 1.165) is 24.3 Å². The van der Waals surface area contributed by atoms with Gasteiger partial charge in [0.2, 0.25) is 11.8 Å². The maximum atomic E-state index is 14.1. The van der Waals surface area contributed by atoms with Gasteiger partial charge in [-0.05, 0) is 75.9 Å². The Morgan fingerprint density at radius 3 is 2.05 bits per heavy atom. The van der Waals surface area contributed by atoms with Crippen LogP contribution in [0.2, 0.25) is 0 Å². The highest BCUT2D eigenvalue weighted by Gasteiger charge is 2.39. The number of carbonyl (C=O) groups is 5. The molecule has 1 aliphatic rings. The third-order valence-electron chi connectivity index (χ3n) is 9.72. The normalized spacial score (nSPS) is 17.7. The van der Waals surface area contributed by atoms with Crippen LogP contribution in [0.25, 0.3) is 0 Å². The van der Waals surface area contributed by atoms with Crippen LogP contribution in [0.3, 0.4) is 0 Å². The summed E-state index contributed by atoms with van der Waals surface area (Å²) in [5, 5.41) is 4.56. The lowest BCUT2D eigenvalue weighted by Crippen LogP contribution is -2.58. The van der Waals surface area contributed by atoms with Crippen LogP contribution in [-0.2, 0) is 38.7 Å². The number of ether oxygens (including phenoxy) is 1.